The molecule has 1 heterocycles. The summed E-state index contributed by atoms with van der Waals surface area (Å²) in [6.45, 7) is 13.3. The molecule has 1 heteroatoms. The summed E-state index contributed by atoms with van der Waals surface area (Å²) in [5, 5.41) is 0. The van der Waals surface area contributed by atoms with E-state index in [0.29, 0.717) is 5.41 Å². The molecule has 12 heavy (non-hydrogen) atoms. The monoisotopic (exact) mass is 169 g/mol. The number of nitrogens with zero attached hydrogens (tertiary/aromatic N) is 1. The third kappa shape index (κ3) is 2.01. The van der Waals surface area contributed by atoms with Crippen molar-refractivity contribution in [3.05, 3.63) is 0 Å². The van der Waals surface area contributed by atoms with E-state index in [1.165, 1.54) is 32.5 Å². The summed E-state index contributed by atoms with van der Waals surface area (Å²) < 4.78 is 0. The topological polar surface area (TPSA) is 3.24 Å². The van der Waals surface area contributed by atoms with E-state index in [2.05, 4.69) is 32.6 Å². The maximum absolute atomic E-state index is 2.58. The summed E-state index contributed by atoms with van der Waals surface area (Å²) in [5.41, 5.74) is 0.562. The van der Waals surface area contributed by atoms with E-state index >= 15 is 0 Å². The minimum atomic E-state index is 0.562. The van der Waals surface area contributed by atoms with Crippen LogP contribution in [0.1, 0.15) is 40.5 Å². The predicted molar refractivity (Wildman–Crippen MR) is 54.3 cm³/mol. The molecule has 1 rings (SSSR count). The first-order valence-corrected chi connectivity index (χ1v) is 5.32. The van der Waals surface area contributed by atoms with Crippen molar-refractivity contribution in [2.75, 3.05) is 19.6 Å². The smallest absolute Gasteiger partial charge is 0.00358 e. The molecule has 1 aliphatic heterocycles. The Hall–Kier alpha value is -0.0400. The van der Waals surface area contributed by atoms with E-state index in [4.69, 9.17) is 0 Å². The molecule has 0 saturated carbocycles. The number of rotatable bonds is 3. The highest BCUT2D eigenvalue weighted by molar-refractivity contribution is 4.89. The highest BCUT2D eigenvalue weighted by Gasteiger charge is 2.37. The minimum Gasteiger partial charge on any atom is -0.303 e. The highest BCUT2D eigenvalue weighted by atomic mass is 15.2. The van der Waals surface area contributed by atoms with Crippen molar-refractivity contribution in [3.63, 3.8) is 0 Å². The third-order valence-electron chi connectivity index (χ3n) is 3.30. The molecule has 1 fully saturated rings. The van der Waals surface area contributed by atoms with Gasteiger partial charge in [0.2, 0.25) is 0 Å². The maximum Gasteiger partial charge on any atom is 0.00358 e. The molecule has 0 aliphatic carbocycles. The fourth-order valence-electron chi connectivity index (χ4n) is 2.40. The molecule has 0 aromatic heterocycles. The van der Waals surface area contributed by atoms with Gasteiger partial charge in [0.25, 0.3) is 0 Å². The lowest BCUT2D eigenvalue weighted by molar-refractivity contribution is 0.264. The fraction of sp³-hybridized carbons (Fsp3) is 1.00. The van der Waals surface area contributed by atoms with E-state index in [-0.39, 0.29) is 0 Å². The standard InChI is InChI=1S/C11H23N/c1-5-7-10-8-12(6-2)9-11(10,3)4/h10H,5-9H2,1-4H3. The second kappa shape index (κ2) is 3.78. The molecule has 72 valence electrons. The van der Waals surface area contributed by atoms with Gasteiger partial charge < -0.3 is 4.90 Å². The van der Waals surface area contributed by atoms with Crippen LogP contribution in [-0.2, 0) is 0 Å². The van der Waals surface area contributed by atoms with Gasteiger partial charge in [-0.3, -0.25) is 0 Å². The summed E-state index contributed by atoms with van der Waals surface area (Å²) in [6, 6.07) is 0. The normalized spacial score (nSPS) is 29.5. The zero-order chi connectivity index (χ0) is 9.19. The molecular formula is C11H23N. The van der Waals surface area contributed by atoms with Crippen LogP contribution >= 0.6 is 0 Å². The number of hydrogen-bond acceptors (Lipinski definition) is 1. The first kappa shape index (κ1) is 10.0. The quantitative estimate of drug-likeness (QED) is 0.628. The average Bonchev–Trinajstić information content (AvgIpc) is 2.28. The van der Waals surface area contributed by atoms with E-state index in [1.807, 2.05) is 0 Å². The Labute approximate surface area is 77.1 Å². The van der Waals surface area contributed by atoms with Gasteiger partial charge in [-0.25, -0.2) is 0 Å². The number of hydrogen-bond donors (Lipinski definition) is 0. The Kier molecular flexibility index (Phi) is 3.16. The van der Waals surface area contributed by atoms with Crippen LogP contribution < -0.4 is 0 Å². The van der Waals surface area contributed by atoms with Gasteiger partial charge >= 0.3 is 0 Å². The molecule has 1 unspecified atom stereocenters. The summed E-state index contributed by atoms with van der Waals surface area (Å²) >= 11 is 0. The summed E-state index contributed by atoms with van der Waals surface area (Å²) in [7, 11) is 0. The zero-order valence-corrected chi connectivity index (χ0v) is 9.06. The number of likely N-dealkylation sites (tertiary alicyclic amines) is 1. The molecule has 0 spiro atoms. The molecule has 1 aliphatic rings. The van der Waals surface area contributed by atoms with Crippen LogP contribution in [-0.4, -0.2) is 24.5 Å². The van der Waals surface area contributed by atoms with Crippen LogP contribution in [0.25, 0.3) is 0 Å². The van der Waals surface area contributed by atoms with E-state index in [9.17, 15) is 0 Å². The SMILES string of the molecule is CCCC1CN(CC)CC1(C)C. The van der Waals surface area contributed by atoms with Crippen molar-refractivity contribution in [1.29, 1.82) is 0 Å². The molecule has 0 radical (unpaired) electrons. The molecule has 0 N–H and O–H groups in total. The molecule has 1 saturated heterocycles. The van der Waals surface area contributed by atoms with Crippen molar-refractivity contribution >= 4 is 0 Å². The Morgan fingerprint density at radius 2 is 2.00 bits per heavy atom. The third-order valence-corrected chi connectivity index (χ3v) is 3.30. The lowest BCUT2D eigenvalue weighted by Crippen LogP contribution is -2.23. The van der Waals surface area contributed by atoms with Crippen LogP contribution in [0.4, 0.5) is 0 Å². The summed E-state index contributed by atoms with van der Waals surface area (Å²) in [4.78, 5) is 2.58. The van der Waals surface area contributed by atoms with Crippen LogP contribution in [0.5, 0.6) is 0 Å². The Morgan fingerprint density at radius 3 is 2.42 bits per heavy atom. The first-order chi connectivity index (χ1) is 5.60. The van der Waals surface area contributed by atoms with E-state index in [0.717, 1.165) is 5.92 Å². The molecule has 1 nitrogen and oxygen atoms in total. The first-order valence-electron chi connectivity index (χ1n) is 5.32. The van der Waals surface area contributed by atoms with Crippen LogP contribution in [0.15, 0.2) is 0 Å². The molecular weight excluding hydrogens is 146 g/mol. The van der Waals surface area contributed by atoms with Crippen LogP contribution in [0.2, 0.25) is 0 Å². The average molecular weight is 169 g/mol. The molecule has 0 bridgehead atoms. The van der Waals surface area contributed by atoms with Gasteiger partial charge in [-0.1, -0.05) is 34.1 Å². The molecule has 0 aromatic rings. The molecule has 0 aromatic carbocycles. The Morgan fingerprint density at radius 1 is 1.33 bits per heavy atom. The van der Waals surface area contributed by atoms with Crippen molar-refractivity contribution in [2.24, 2.45) is 11.3 Å². The van der Waals surface area contributed by atoms with Crippen molar-refractivity contribution in [3.8, 4) is 0 Å². The zero-order valence-electron chi connectivity index (χ0n) is 9.06. The Balaban J connectivity index is 2.51. The van der Waals surface area contributed by atoms with Gasteiger partial charge in [0.1, 0.15) is 0 Å². The molecule has 0 amide bonds. The largest absolute Gasteiger partial charge is 0.303 e. The van der Waals surface area contributed by atoms with E-state index in [1.54, 1.807) is 0 Å². The van der Waals surface area contributed by atoms with Crippen LogP contribution in [0, 0.1) is 11.3 Å². The summed E-state index contributed by atoms with van der Waals surface area (Å²) in [6.07, 6.45) is 2.75. The Bertz CT molecular complexity index is 140. The minimum absolute atomic E-state index is 0.562. The second-order valence-corrected chi connectivity index (χ2v) is 4.80. The van der Waals surface area contributed by atoms with Gasteiger partial charge in [-0.15, -0.1) is 0 Å². The molecule has 1 atom stereocenters. The van der Waals surface area contributed by atoms with Gasteiger partial charge in [-0.2, -0.15) is 0 Å². The maximum atomic E-state index is 2.58. The lowest BCUT2D eigenvalue weighted by atomic mass is 9.80. The van der Waals surface area contributed by atoms with Crippen molar-refractivity contribution < 1.29 is 0 Å². The van der Waals surface area contributed by atoms with Crippen molar-refractivity contribution in [2.45, 2.75) is 40.5 Å². The predicted octanol–water partition coefficient (Wildman–Crippen LogP) is 2.76. The van der Waals surface area contributed by atoms with E-state index < -0.39 is 0 Å². The van der Waals surface area contributed by atoms with Crippen molar-refractivity contribution in [1.82, 2.24) is 4.90 Å². The highest BCUT2D eigenvalue weighted by Crippen LogP contribution is 2.37. The lowest BCUT2D eigenvalue weighted by Gasteiger charge is -2.25. The van der Waals surface area contributed by atoms with Crippen LogP contribution in [0.3, 0.4) is 0 Å². The summed E-state index contributed by atoms with van der Waals surface area (Å²) in [5.74, 6) is 0.933. The van der Waals surface area contributed by atoms with Gasteiger partial charge in [0.05, 0.1) is 0 Å². The second-order valence-electron chi connectivity index (χ2n) is 4.80. The van der Waals surface area contributed by atoms with Gasteiger partial charge in [0, 0.05) is 13.1 Å². The van der Waals surface area contributed by atoms with Gasteiger partial charge in [-0.05, 0) is 24.3 Å². The fourth-order valence-corrected chi connectivity index (χ4v) is 2.40. The van der Waals surface area contributed by atoms with Gasteiger partial charge in [0.15, 0.2) is 0 Å².